The van der Waals surface area contributed by atoms with Gasteiger partial charge >= 0.3 is 12.2 Å². The maximum atomic E-state index is 16.5. The highest BCUT2D eigenvalue weighted by atomic mass is 35.5. The van der Waals surface area contributed by atoms with Gasteiger partial charge in [-0.05, 0) is 68.1 Å². The average molecular weight is 597 g/mol. The quantitative estimate of drug-likeness (QED) is 0.182. The summed E-state index contributed by atoms with van der Waals surface area (Å²) in [6, 6.07) is 12.3. The molecule has 2 aliphatic heterocycles. The highest BCUT2D eigenvalue weighted by Gasteiger charge is 2.45. The molecule has 2 unspecified atom stereocenters. The third kappa shape index (κ3) is 5.18. The maximum Gasteiger partial charge on any atom is 0.410 e. The van der Waals surface area contributed by atoms with Crippen molar-refractivity contribution in [2.24, 2.45) is 0 Å². The molecule has 1 aromatic heterocycles. The summed E-state index contributed by atoms with van der Waals surface area (Å²) in [4.78, 5) is 24.6. The van der Waals surface area contributed by atoms with Gasteiger partial charge in [-0.2, -0.15) is 14.4 Å². The molecule has 2 fully saturated rings. The number of ether oxygens (including phenoxy) is 3. The normalized spacial score (nSPS) is 18.6. The fourth-order valence-corrected chi connectivity index (χ4v) is 6.32. The van der Waals surface area contributed by atoms with Gasteiger partial charge in [0.15, 0.2) is 12.6 Å². The Hall–Kier alpha value is -3.76. The van der Waals surface area contributed by atoms with E-state index in [9.17, 15) is 9.18 Å². The van der Waals surface area contributed by atoms with E-state index >= 15 is 4.39 Å². The Morgan fingerprint density at radius 3 is 2.45 bits per heavy atom. The molecule has 0 spiro atoms. The molecular formula is C31H31ClF2N4O4. The lowest BCUT2D eigenvalue weighted by molar-refractivity contribution is 0.0122. The van der Waals surface area contributed by atoms with Crippen LogP contribution in [0.2, 0.25) is 5.02 Å². The van der Waals surface area contributed by atoms with Crippen LogP contribution in [0.3, 0.4) is 0 Å². The van der Waals surface area contributed by atoms with Crippen LogP contribution in [0.4, 0.5) is 19.4 Å². The van der Waals surface area contributed by atoms with E-state index in [0.717, 1.165) is 23.6 Å². The van der Waals surface area contributed by atoms with Gasteiger partial charge in [-0.25, -0.2) is 9.18 Å². The molecule has 3 heterocycles. The topological polar surface area (TPSA) is 77.0 Å². The first-order valence-electron chi connectivity index (χ1n) is 13.8. The van der Waals surface area contributed by atoms with E-state index in [1.165, 1.54) is 7.11 Å². The van der Waals surface area contributed by atoms with Gasteiger partial charge in [0, 0.05) is 31.1 Å². The number of hydrogen-bond donors (Lipinski definition) is 0. The Labute approximate surface area is 247 Å². The number of anilines is 1. The highest BCUT2D eigenvalue weighted by molar-refractivity contribution is 6.35. The van der Waals surface area contributed by atoms with Gasteiger partial charge in [0.25, 0.3) is 0 Å². The highest BCUT2D eigenvalue weighted by Crippen LogP contribution is 2.43. The molecule has 6 rings (SSSR count). The van der Waals surface area contributed by atoms with Gasteiger partial charge in [0.2, 0.25) is 0 Å². The molecule has 42 heavy (non-hydrogen) atoms. The molecule has 0 saturated carbocycles. The fraction of sp³-hybridized carbons (Fsp3) is 0.387. The van der Waals surface area contributed by atoms with Crippen molar-refractivity contribution < 1.29 is 27.8 Å². The van der Waals surface area contributed by atoms with Gasteiger partial charge in [-0.15, -0.1) is 0 Å². The van der Waals surface area contributed by atoms with Crippen LogP contribution in [0.15, 0.2) is 42.5 Å². The number of benzene rings is 3. The number of carbonyl (C=O) groups excluding carboxylic acids is 1. The number of amides is 1. The predicted molar refractivity (Wildman–Crippen MR) is 157 cm³/mol. The minimum atomic E-state index is -1.05. The Balaban J connectivity index is 1.42. The van der Waals surface area contributed by atoms with Crippen molar-refractivity contribution in [3.63, 3.8) is 0 Å². The second kappa shape index (κ2) is 10.8. The average Bonchev–Trinajstić information content (AvgIpc) is 3.20. The molecule has 220 valence electrons. The molecule has 2 saturated heterocycles. The Morgan fingerprint density at radius 1 is 1.05 bits per heavy atom. The second-order valence-electron chi connectivity index (χ2n) is 11.7. The zero-order valence-corrected chi connectivity index (χ0v) is 24.5. The molecule has 0 N–H and O–H groups in total. The monoisotopic (exact) mass is 596 g/mol. The van der Waals surface area contributed by atoms with Crippen LogP contribution < -0.4 is 9.64 Å². The van der Waals surface area contributed by atoms with Gasteiger partial charge in [-0.3, -0.25) is 4.90 Å². The molecule has 2 bridgehead atoms. The number of hydrogen-bond acceptors (Lipinski definition) is 7. The summed E-state index contributed by atoms with van der Waals surface area (Å²) in [6.45, 7) is 6.29. The van der Waals surface area contributed by atoms with Crippen LogP contribution in [0.25, 0.3) is 32.8 Å². The van der Waals surface area contributed by atoms with Crippen molar-refractivity contribution >= 4 is 45.2 Å². The number of rotatable bonds is 5. The molecule has 2 aliphatic rings. The number of aromatic nitrogens is 2. The van der Waals surface area contributed by atoms with Crippen LogP contribution in [0.5, 0.6) is 5.75 Å². The summed E-state index contributed by atoms with van der Waals surface area (Å²) in [6.07, 6.45) is 0.143. The van der Waals surface area contributed by atoms with E-state index in [-0.39, 0.29) is 46.9 Å². The van der Waals surface area contributed by atoms with Gasteiger partial charge in [0.05, 0.1) is 17.1 Å². The van der Waals surface area contributed by atoms with E-state index in [1.54, 1.807) is 17.0 Å². The van der Waals surface area contributed by atoms with Crippen LogP contribution in [-0.4, -0.2) is 65.6 Å². The number of methoxy groups -OCH3 is 1. The van der Waals surface area contributed by atoms with Crippen LogP contribution >= 0.6 is 11.6 Å². The summed E-state index contributed by atoms with van der Waals surface area (Å²) in [7, 11) is 1.51. The zero-order valence-electron chi connectivity index (χ0n) is 23.8. The number of fused-ring (bicyclic) bond motifs is 4. The van der Waals surface area contributed by atoms with Crippen molar-refractivity contribution in [1.82, 2.24) is 14.9 Å². The minimum absolute atomic E-state index is 0.0106. The summed E-state index contributed by atoms with van der Waals surface area (Å²) in [5, 5.41) is 1.97. The van der Waals surface area contributed by atoms with Crippen molar-refractivity contribution in [3.05, 3.63) is 59.4 Å². The molecule has 1 amide bonds. The van der Waals surface area contributed by atoms with E-state index < -0.39 is 17.5 Å². The summed E-state index contributed by atoms with van der Waals surface area (Å²) in [5.41, 5.74) is -0.228. The van der Waals surface area contributed by atoms with E-state index in [0.29, 0.717) is 29.8 Å². The standard InChI is InChI=1S/C31H31ClF2N4O4/c1-31(2,3)42-30(39)38-18-9-10-19(38)15-37(14-18)28-23-13-24(32)25(26(33)27(23)35-29(34)36-28)22-12-20(41-16-40-4)11-17-7-5-6-8-21(17)22/h5-8,11-13,18-19H,9-10,14-16H2,1-4H3. The molecule has 3 aromatic carbocycles. The molecular weight excluding hydrogens is 566 g/mol. The molecule has 0 aliphatic carbocycles. The van der Waals surface area contributed by atoms with Crippen LogP contribution in [0, 0.1) is 11.9 Å². The summed E-state index contributed by atoms with van der Waals surface area (Å²) >= 11 is 6.80. The maximum absolute atomic E-state index is 16.5. The molecule has 0 radical (unpaired) electrons. The Bertz CT molecular complexity index is 1680. The summed E-state index contributed by atoms with van der Waals surface area (Å²) < 4.78 is 47.8. The minimum Gasteiger partial charge on any atom is -0.468 e. The van der Waals surface area contributed by atoms with E-state index in [4.69, 9.17) is 25.8 Å². The van der Waals surface area contributed by atoms with Crippen LogP contribution in [-0.2, 0) is 9.47 Å². The van der Waals surface area contributed by atoms with Gasteiger partial charge < -0.3 is 19.1 Å². The third-order valence-corrected chi connectivity index (χ3v) is 7.97. The van der Waals surface area contributed by atoms with Crippen molar-refractivity contribution in [1.29, 1.82) is 0 Å². The van der Waals surface area contributed by atoms with Crippen molar-refractivity contribution in [2.75, 3.05) is 31.9 Å². The van der Waals surface area contributed by atoms with E-state index in [2.05, 4.69) is 9.97 Å². The zero-order chi connectivity index (χ0) is 29.8. The molecule has 11 heteroatoms. The number of carbonyl (C=O) groups is 1. The smallest absolute Gasteiger partial charge is 0.410 e. The van der Waals surface area contributed by atoms with Gasteiger partial charge in [0.1, 0.15) is 22.7 Å². The number of piperazine rings is 1. The number of halogens is 3. The first kappa shape index (κ1) is 28.4. The molecule has 8 nitrogen and oxygen atoms in total. The first-order valence-corrected chi connectivity index (χ1v) is 14.2. The Morgan fingerprint density at radius 2 is 1.76 bits per heavy atom. The number of nitrogens with zero attached hydrogens (tertiary/aromatic N) is 4. The van der Waals surface area contributed by atoms with Gasteiger partial charge in [-0.1, -0.05) is 35.9 Å². The lowest BCUT2D eigenvalue weighted by atomic mass is 9.96. The Kier molecular flexibility index (Phi) is 7.31. The summed E-state index contributed by atoms with van der Waals surface area (Å²) in [5.74, 6) is -0.0499. The molecule has 2 atom stereocenters. The SMILES string of the molecule is COCOc1cc(-c2c(Cl)cc3c(N4CC5CCC(C4)N5C(=O)OC(C)(C)C)nc(F)nc3c2F)c2ccccc2c1. The molecule has 4 aromatic rings. The second-order valence-corrected chi connectivity index (χ2v) is 12.1. The van der Waals surface area contributed by atoms with Crippen molar-refractivity contribution in [3.8, 4) is 16.9 Å². The first-order chi connectivity index (χ1) is 20.0. The lowest BCUT2D eigenvalue weighted by Crippen LogP contribution is -2.57. The third-order valence-electron chi connectivity index (χ3n) is 7.67. The largest absolute Gasteiger partial charge is 0.468 e. The van der Waals surface area contributed by atoms with Crippen molar-refractivity contribution in [2.45, 2.75) is 51.3 Å². The fourth-order valence-electron chi connectivity index (χ4n) is 6.03. The van der Waals surface area contributed by atoms with Crippen LogP contribution in [0.1, 0.15) is 33.6 Å². The lowest BCUT2D eigenvalue weighted by Gasteiger charge is -2.42. The van der Waals surface area contributed by atoms with E-state index in [1.807, 2.05) is 56.0 Å². The predicted octanol–water partition coefficient (Wildman–Crippen LogP) is 6.95.